The molecule has 11 heteroatoms. The molecule has 3 atom stereocenters. The van der Waals surface area contributed by atoms with Crippen molar-refractivity contribution in [2.24, 2.45) is 0 Å². The molecule has 3 aliphatic rings. The Morgan fingerprint density at radius 3 is 2.94 bits per heavy atom. The molecule has 1 aliphatic carbocycles. The number of hydrogen-bond acceptors (Lipinski definition) is 8. The highest BCUT2D eigenvalue weighted by molar-refractivity contribution is 5.95. The summed E-state index contributed by atoms with van der Waals surface area (Å²) in [4.78, 5) is 8.48. The molecule has 0 radical (unpaired) electrons. The van der Waals surface area contributed by atoms with Crippen molar-refractivity contribution in [1.29, 1.82) is 0 Å². The Kier molecular flexibility index (Phi) is 5.20. The van der Waals surface area contributed by atoms with E-state index in [0.717, 1.165) is 0 Å². The molecule has 2 aliphatic heterocycles. The van der Waals surface area contributed by atoms with Gasteiger partial charge in [-0.1, -0.05) is 0 Å². The summed E-state index contributed by atoms with van der Waals surface area (Å²) in [5, 5.41) is 6.03. The molecule has 1 saturated heterocycles. The van der Waals surface area contributed by atoms with Crippen LogP contribution in [0.1, 0.15) is 6.42 Å². The maximum atomic E-state index is 14.7. The average molecular weight is 450 g/mol. The van der Waals surface area contributed by atoms with E-state index in [-0.39, 0.29) is 24.8 Å². The second-order valence-electron chi connectivity index (χ2n) is 7.64. The van der Waals surface area contributed by atoms with Crippen molar-refractivity contribution in [3.63, 3.8) is 0 Å². The van der Waals surface area contributed by atoms with Gasteiger partial charge in [-0.25, -0.2) is 23.1 Å². The number of aromatic nitrogens is 2. The second-order valence-corrected chi connectivity index (χ2v) is 7.64. The molecule has 2 aromatic rings. The highest BCUT2D eigenvalue weighted by Crippen LogP contribution is 2.39. The molecule has 5 rings (SSSR count). The van der Waals surface area contributed by atoms with Crippen LogP contribution < -0.4 is 20.1 Å². The first-order valence-corrected chi connectivity index (χ1v) is 10.1. The topological polar surface area (TPSA) is 86.8 Å². The summed E-state index contributed by atoms with van der Waals surface area (Å²) in [7, 11) is 1.46. The number of nitrogens with one attached hydrogen (secondary N) is 2. The van der Waals surface area contributed by atoms with Gasteiger partial charge < -0.3 is 29.6 Å². The van der Waals surface area contributed by atoms with Crippen molar-refractivity contribution in [2.45, 2.75) is 30.7 Å². The van der Waals surface area contributed by atoms with Crippen LogP contribution in [0.2, 0.25) is 0 Å². The number of rotatable bonds is 5. The van der Waals surface area contributed by atoms with Crippen LogP contribution in [-0.2, 0) is 9.47 Å². The van der Waals surface area contributed by atoms with Crippen molar-refractivity contribution >= 4 is 16.7 Å². The fourth-order valence-electron chi connectivity index (χ4n) is 3.96. The van der Waals surface area contributed by atoms with Crippen LogP contribution in [-0.4, -0.2) is 61.2 Å². The Morgan fingerprint density at radius 2 is 2.12 bits per heavy atom. The minimum Gasteiger partial charge on any atom is -0.497 e. The average Bonchev–Trinajstić information content (AvgIpc) is 3.26. The number of ether oxygens (including phenoxy) is 4. The van der Waals surface area contributed by atoms with Crippen LogP contribution in [0.5, 0.6) is 11.5 Å². The lowest BCUT2D eigenvalue weighted by Gasteiger charge is -2.32. The minimum absolute atomic E-state index is 0.0131. The normalized spacial score (nSPS) is 26.3. The zero-order valence-corrected chi connectivity index (χ0v) is 17.1. The van der Waals surface area contributed by atoms with E-state index in [1.165, 1.54) is 31.7 Å². The van der Waals surface area contributed by atoms with Gasteiger partial charge in [-0.15, -0.1) is 0 Å². The summed E-state index contributed by atoms with van der Waals surface area (Å²) < 4.78 is 65.5. The molecule has 2 N–H and O–H groups in total. The Hall–Kier alpha value is -3.21. The molecule has 0 saturated carbocycles. The van der Waals surface area contributed by atoms with Crippen LogP contribution in [0, 0.1) is 0 Å². The lowest BCUT2D eigenvalue weighted by Crippen LogP contribution is -2.52. The number of alkyl halides is 3. The number of piperidine rings is 1. The molecular weight excluding hydrogens is 429 g/mol. The van der Waals surface area contributed by atoms with Crippen molar-refractivity contribution in [1.82, 2.24) is 15.3 Å². The summed E-state index contributed by atoms with van der Waals surface area (Å²) in [5.74, 6) is -1.60. The van der Waals surface area contributed by atoms with Gasteiger partial charge >= 0.3 is 0 Å². The van der Waals surface area contributed by atoms with E-state index < -0.39 is 30.8 Å². The van der Waals surface area contributed by atoms with Crippen molar-refractivity contribution in [3.8, 4) is 11.5 Å². The minimum atomic E-state index is -3.07. The van der Waals surface area contributed by atoms with Crippen LogP contribution in [0.4, 0.5) is 19.0 Å². The smallest absolute Gasteiger partial charge is 0.296 e. The molecule has 1 aromatic heterocycles. The van der Waals surface area contributed by atoms with Crippen LogP contribution in [0.25, 0.3) is 10.9 Å². The predicted octanol–water partition coefficient (Wildman–Crippen LogP) is 2.92. The second kappa shape index (κ2) is 8.05. The van der Waals surface area contributed by atoms with Gasteiger partial charge in [-0.2, -0.15) is 0 Å². The van der Waals surface area contributed by atoms with E-state index in [2.05, 4.69) is 20.6 Å². The Balaban J connectivity index is 1.56. The van der Waals surface area contributed by atoms with Crippen molar-refractivity contribution < 1.29 is 32.1 Å². The third-order valence-corrected chi connectivity index (χ3v) is 5.59. The molecule has 1 aromatic carbocycles. The van der Waals surface area contributed by atoms with Gasteiger partial charge in [-0.3, -0.25) is 0 Å². The molecule has 8 nitrogen and oxygen atoms in total. The molecule has 0 spiro atoms. The molecular formula is C21H21F3N4O4. The standard InChI is InChI=1S/C21H21F3N4O4/c1-29-11-6-13-17(15(7-11)32-16-4-5-25-8-21(16,23)24)20(27-9-26-13)28-18-12(22)2-3-14-19(18)31-10-30-14/h2-3,6-7,9,12,16,18,25H,4-5,8,10H2,1H3,(H,26,27,28). The van der Waals surface area contributed by atoms with Crippen LogP contribution >= 0.6 is 0 Å². The van der Waals surface area contributed by atoms with Crippen molar-refractivity contribution in [3.05, 3.63) is 42.1 Å². The van der Waals surface area contributed by atoms with E-state index in [0.29, 0.717) is 34.7 Å². The highest BCUT2D eigenvalue weighted by Gasteiger charge is 2.44. The van der Waals surface area contributed by atoms with Gasteiger partial charge in [0.15, 0.2) is 17.6 Å². The quantitative estimate of drug-likeness (QED) is 0.719. The molecule has 0 amide bonds. The lowest BCUT2D eigenvalue weighted by atomic mass is 10.0. The molecule has 32 heavy (non-hydrogen) atoms. The van der Waals surface area contributed by atoms with Crippen LogP contribution in [0.3, 0.4) is 0 Å². The summed E-state index contributed by atoms with van der Waals surface area (Å²) in [6.45, 7) is -0.0931. The van der Waals surface area contributed by atoms with Gasteiger partial charge in [-0.05, 0) is 18.7 Å². The van der Waals surface area contributed by atoms with Gasteiger partial charge in [0.1, 0.15) is 35.9 Å². The maximum absolute atomic E-state index is 14.7. The Morgan fingerprint density at radius 1 is 1.25 bits per heavy atom. The number of anilines is 1. The predicted molar refractivity (Wildman–Crippen MR) is 108 cm³/mol. The van der Waals surface area contributed by atoms with E-state index in [4.69, 9.17) is 18.9 Å². The Bertz CT molecular complexity index is 1090. The molecule has 3 unspecified atom stereocenters. The summed E-state index contributed by atoms with van der Waals surface area (Å²) >= 11 is 0. The third-order valence-electron chi connectivity index (χ3n) is 5.59. The third kappa shape index (κ3) is 3.66. The van der Waals surface area contributed by atoms with E-state index >= 15 is 0 Å². The summed E-state index contributed by atoms with van der Waals surface area (Å²) in [5.41, 5.74) is 0.397. The number of nitrogens with zero attached hydrogens (tertiary/aromatic N) is 2. The van der Waals surface area contributed by atoms with Gasteiger partial charge in [0.25, 0.3) is 5.92 Å². The molecule has 1 fully saturated rings. The van der Waals surface area contributed by atoms with Gasteiger partial charge in [0.2, 0.25) is 6.79 Å². The monoisotopic (exact) mass is 450 g/mol. The van der Waals surface area contributed by atoms with Crippen molar-refractivity contribution in [2.75, 3.05) is 32.3 Å². The van der Waals surface area contributed by atoms with Crippen LogP contribution in [0.15, 0.2) is 42.1 Å². The SMILES string of the molecule is COc1cc(OC2CCNCC2(F)F)c2c(NC3C4=C(C=CC3F)OCO4)ncnc2c1. The largest absolute Gasteiger partial charge is 0.497 e. The number of benzene rings is 1. The van der Waals surface area contributed by atoms with E-state index in [9.17, 15) is 13.2 Å². The maximum Gasteiger partial charge on any atom is 0.296 e. The van der Waals surface area contributed by atoms with E-state index in [1.54, 1.807) is 6.07 Å². The highest BCUT2D eigenvalue weighted by atomic mass is 19.3. The van der Waals surface area contributed by atoms with Gasteiger partial charge in [0, 0.05) is 18.6 Å². The van der Waals surface area contributed by atoms with E-state index in [1.807, 2.05) is 0 Å². The zero-order chi connectivity index (χ0) is 22.3. The summed E-state index contributed by atoms with van der Waals surface area (Å²) in [6, 6.07) is 2.22. The first kappa shape index (κ1) is 20.7. The molecule has 3 heterocycles. The summed E-state index contributed by atoms with van der Waals surface area (Å²) in [6.07, 6.45) is 1.51. The number of halogens is 3. The number of allylic oxidation sites excluding steroid dienone is 1. The number of methoxy groups -OCH3 is 1. The lowest BCUT2D eigenvalue weighted by molar-refractivity contribution is -0.108. The number of fused-ring (bicyclic) bond motifs is 1. The fraction of sp³-hybridized carbons (Fsp3) is 0.429. The Labute approximate surface area is 181 Å². The van der Waals surface area contributed by atoms with Gasteiger partial charge in [0.05, 0.1) is 24.6 Å². The first-order valence-electron chi connectivity index (χ1n) is 10.1. The molecule has 0 bridgehead atoms. The fourth-order valence-corrected chi connectivity index (χ4v) is 3.96. The zero-order valence-electron chi connectivity index (χ0n) is 17.1. The first-order chi connectivity index (χ1) is 15.5. The number of hydrogen-bond donors (Lipinski definition) is 2. The molecule has 170 valence electrons.